The number of carbonyl (C=O) groups excluding carboxylic acids is 2. The fourth-order valence-electron chi connectivity index (χ4n) is 4.26. The number of unbranched alkanes of at least 4 members (excludes halogenated alkanes) is 1. The van der Waals surface area contributed by atoms with Crippen LogP contribution in [0.25, 0.3) is 0 Å². The highest BCUT2D eigenvalue weighted by molar-refractivity contribution is 7.92. The fourth-order valence-corrected chi connectivity index (χ4v) is 6.32. The number of nitrogens with one attached hydrogen (secondary N) is 1. The Balaban J connectivity index is 2.09. The maximum Gasteiger partial charge on any atom is 0.264 e. The molecular weight excluding hydrogens is 605 g/mol. The number of amides is 2. The van der Waals surface area contributed by atoms with Crippen LogP contribution >= 0.6 is 34.8 Å². The number of benzene rings is 3. The van der Waals surface area contributed by atoms with Gasteiger partial charge in [-0.1, -0.05) is 91.0 Å². The molecule has 0 fully saturated rings. The first-order valence-corrected chi connectivity index (χ1v) is 15.9. The van der Waals surface area contributed by atoms with Crippen LogP contribution in [-0.2, 0) is 26.2 Å². The van der Waals surface area contributed by atoms with Crippen LogP contribution in [-0.4, -0.2) is 44.3 Å². The van der Waals surface area contributed by atoms with E-state index in [1.165, 1.54) is 35.2 Å². The van der Waals surface area contributed by atoms with Crippen molar-refractivity contribution in [3.8, 4) is 0 Å². The van der Waals surface area contributed by atoms with Crippen LogP contribution in [0.5, 0.6) is 0 Å². The van der Waals surface area contributed by atoms with Crippen molar-refractivity contribution in [2.75, 3.05) is 17.4 Å². The number of aryl methyl sites for hydroxylation is 1. The van der Waals surface area contributed by atoms with Crippen molar-refractivity contribution in [1.82, 2.24) is 10.2 Å². The number of sulfonamides is 1. The van der Waals surface area contributed by atoms with Gasteiger partial charge in [-0.05, 0) is 61.7 Å². The van der Waals surface area contributed by atoms with Crippen molar-refractivity contribution < 1.29 is 18.0 Å². The number of carbonyl (C=O) groups is 2. The average molecular weight is 639 g/mol. The molecule has 1 N–H and O–H groups in total. The van der Waals surface area contributed by atoms with Gasteiger partial charge in [-0.3, -0.25) is 13.9 Å². The SMILES string of the molecule is CCCCNC(=O)C(CC)N(Cc1ccccc1Cl)C(=O)CN(c1cc(Cl)ccc1Cl)S(=O)(=O)c1ccc(C)cc1. The van der Waals surface area contributed by atoms with Crippen LogP contribution < -0.4 is 9.62 Å². The number of anilines is 1. The smallest absolute Gasteiger partial charge is 0.264 e. The zero-order valence-corrected chi connectivity index (χ0v) is 26.3. The number of hydrogen-bond acceptors (Lipinski definition) is 4. The summed E-state index contributed by atoms with van der Waals surface area (Å²) in [5.74, 6) is -0.927. The van der Waals surface area contributed by atoms with E-state index < -0.39 is 28.5 Å². The highest BCUT2D eigenvalue weighted by atomic mass is 35.5. The van der Waals surface area contributed by atoms with Gasteiger partial charge in [-0.15, -0.1) is 0 Å². The number of hydrogen-bond donors (Lipinski definition) is 1. The van der Waals surface area contributed by atoms with Crippen LogP contribution in [0, 0.1) is 6.92 Å². The second kappa shape index (κ2) is 14.9. The van der Waals surface area contributed by atoms with E-state index in [0.29, 0.717) is 23.6 Å². The molecule has 0 radical (unpaired) electrons. The molecule has 0 saturated heterocycles. The minimum atomic E-state index is -4.27. The molecule has 3 aromatic carbocycles. The first-order chi connectivity index (χ1) is 19.5. The lowest BCUT2D eigenvalue weighted by Crippen LogP contribution is -2.52. The summed E-state index contributed by atoms with van der Waals surface area (Å²) >= 11 is 19.1. The van der Waals surface area contributed by atoms with Crippen molar-refractivity contribution >= 4 is 62.3 Å². The Morgan fingerprint density at radius 1 is 0.927 bits per heavy atom. The van der Waals surface area contributed by atoms with Gasteiger partial charge in [0, 0.05) is 23.1 Å². The Kier molecular flexibility index (Phi) is 11.9. The molecule has 0 saturated carbocycles. The summed E-state index contributed by atoms with van der Waals surface area (Å²) in [6.45, 7) is 5.49. The Hall–Kier alpha value is -2.78. The first-order valence-electron chi connectivity index (χ1n) is 13.3. The van der Waals surface area contributed by atoms with Crippen molar-refractivity contribution in [1.29, 1.82) is 0 Å². The van der Waals surface area contributed by atoms with Gasteiger partial charge in [0.1, 0.15) is 12.6 Å². The highest BCUT2D eigenvalue weighted by Crippen LogP contribution is 2.33. The predicted octanol–water partition coefficient (Wildman–Crippen LogP) is 6.87. The number of rotatable bonds is 13. The van der Waals surface area contributed by atoms with Gasteiger partial charge >= 0.3 is 0 Å². The van der Waals surface area contributed by atoms with E-state index in [2.05, 4.69) is 5.32 Å². The lowest BCUT2D eigenvalue weighted by Gasteiger charge is -2.33. The molecule has 0 aliphatic carbocycles. The van der Waals surface area contributed by atoms with Crippen LogP contribution in [0.4, 0.5) is 5.69 Å². The van der Waals surface area contributed by atoms with E-state index in [0.717, 1.165) is 22.7 Å². The van der Waals surface area contributed by atoms with Gasteiger partial charge in [0.15, 0.2) is 0 Å². The zero-order chi connectivity index (χ0) is 30.2. The summed E-state index contributed by atoms with van der Waals surface area (Å²) in [6.07, 6.45) is 1.98. The zero-order valence-electron chi connectivity index (χ0n) is 23.2. The second-order valence-electron chi connectivity index (χ2n) is 9.60. The van der Waals surface area contributed by atoms with Crippen LogP contribution in [0.2, 0.25) is 15.1 Å². The molecule has 41 heavy (non-hydrogen) atoms. The number of halogens is 3. The minimum absolute atomic E-state index is 0.0000908. The third kappa shape index (κ3) is 8.38. The Bertz CT molecular complexity index is 1470. The normalized spacial score (nSPS) is 12.0. The lowest BCUT2D eigenvalue weighted by molar-refractivity contribution is -0.140. The number of nitrogens with zero attached hydrogens (tertiary/aromatic N) is 2. The van der Waals surface area contributed by atoms with E-state index >= 15 is 0 Å². The minimum Gasteiger partial charge on any atom is -0.354 e. The molecule has 220 valence electrons. The Labute approximate surface area is 257 Å². The molecule has 0 aliphatic heterocycles. The Morgan fingerprint density at radius 3 is 2.24 bits per heavy atom. The van der Waals surface area contributed by atoms with E-state index in [-0.39, 0.29) is 33.1 Å². The molecule has 0 aliphatic rings. The monoisotopic (exact) mass is 637 g/mol. The van der Waals surface area contributed by atoms with Crippen LogP contribution in [0.3, 0.4) is 0 Å². The summed E-state index contributed by atoms with van der Waals surface area (Å²) in [6, 6.07) is 16.8. The van der Waals surface area contributed by atoms with Gasteiger partial charge in [-0.2, -0.15) is 0 Å². The molecular formula is C30H34Cl3N3O4S. The summed E-state index contributed by atoms with van der Waals surface area (Å²) in [5, 5.41) is 3.66. The second-order valence-corrected chi connectivity index (χ2v) is 12.7. The molecule has 0 spiro atoms. The average Bonchev–Trinajstić information content (AvgIpc) is 2.94. The maximum atomic E-state index is 14.1. The van der Waals surface area contributed by atoms with E-state index in [4.69, 9.17) is 34.8 Å². The van der Waals surface area contributed by atoms with Gasteiger partial charge < -0.3 is 10.2 Å². The summed E-state index contributed by atoms with van der Waals surface area (Å²) in [5.41, 5.74) is 1.54. The largest absolute Gasteiger partial charge is 0.354 e. The summed E-state index contributed by atoms with van der Waals surface area (Å²) in [4.78, 5) is 28.7. The molecule has 3 rings (SSSR count). The predicted molar refractivity (Wildman–Crippen MR) is 166 cm³/mol. The molecule has 1 atom stereocenters. The first kappa shape index (κ1) is 32.7. The van der Waals surface area contributed by atoms with Crippen molar-refractivity contribution in [2.24, 2.45) is 0 Å². The van der Waals surface area contributed by atoms with E-state index in [9.17, 15) is 18.0 Å². The Morgan fingerprint density at radius 2 is 1.61 bits per heavy atom. The van der Waals surface area contributed by atoms with Crippen molar-refractivity contribution in [3.05, 3.63) is 92.9 Å². The summed E-state index contributed by atoms with van der Waals surface area (Å²) in [7, 11) is -4.27. The molecule has 0 heterocycles. The van der Waals surface area contributed by atoms with Gasteiger partial charge in [0.2, 0.25) is 11.8 Å². The van der Waals surface area contributed by atoms with Gasteiger partial charge in [-0.25, -0.2) is 8.42 Å². The standard InChI is InChI=1S/C30H34Cl3N3O4S/c1-4-6-17-34-30(38)27(5-2)35(19-22-9-7-8-10-25(22)32)29(37)20-36(28-18-23(31)13-16-26(28)33)41(39,40)24-14-11-21(3)12-15-24/h7-16,18,27H,4-6,17,19-20H2,1-3H3,(H,34,38). The topological polar surface area (TPSA) is 86.8 Å². The van der Waals surface area contributed by atoms with Crippen LogP contribution in [0.1, 0.15) is 44.2 Å². The maximum absolute atomic E-state index is 14.1. The quantitative estimate of drug-likeness (QED) is 0.207. The molecule has 1 unspecified atom stereocenters. The molecule has 0 aromatic heterocycles. The highest BCUT2D eigenvalue weighted by Gasteiger charge is 2.34. The third-order valence-corrected chi connectivity index (χ3v) is 9.28. The molecule has 11 heteroatoms. The molecule has 2 amide bonds. The molecule has 0 bridgehead atoms. The van der Waals surface area contributed by atoms with Gasteiger partial charge in [0.25, 0.3) is 10.0 Å². The van der Waals surface area contributed by atoms with E-state index in [1.54, 1.807) is 43.3 Å². The fraction of sp³-hybridized carbons (Fsp3) is 0.333. The summed E-state index contributed by atoms with van der Waals surface area (Å²) < 4.78 is 28.9. The third-order valence-electron chi connectivity index (χ3n) is 6.58. The van der Waals surface area contributed by atoms with Crippen LogP contribution in [0.15, 0.2) is 71.6 Å². The molecule has 7 nitrogen and oxygen atoms in total. The van der Waals surface area contributed by atoms with Crippen molar-refractivity contribution in [2.45, 2.75) is 57.5 Å². The van der Waals surface area contributed by atoms with Crippen molar-refractivity contribution in [3.63, 3.8) is 0 Å². The van der Waals surface area contributed by atoms with E-state index in [1.807, 2.05) is 13.8 Å². The lowest BCUT2D eigenvalue weighted by atomic mass is 10.1. The molecule has 3 aromatic rings. The van der Waals surface area contributed by atoms with Gasteiger partial charge in [0.05, 0.1) is 15.6 Å².